The van der Waals surface area contributed by atoms with Gasteiger partial charge in [-0.05, 0) is 30.3 Å². The average Bonchev–Trinajstić information content (AvgIpc) is 3.08. The number of aromatic nitrogens is 2. The number of methoxy groups -OCH3 is 1. The average molecular weight is 363 g/mol. The smallest absolute Gasteiger partial charge is 0.292 e. The number of ether oxygens (including phenoxy) is 1. The van der Waals surface area contributed by atoms with Crippen LogP contribution in [0.4, 0.5) is 5.69 Å². The van der Waals surface area contributed by atoms with Crippen molar-refractivity contribution in [2.45, 2.75) is 0 Å². The number of nitrogens with zero attached hydrogens (tertiary/aromatic N) is 3. The van der Waals surface area contributed by atoms with Crippen molar-refractivity contribution in [2.75, 3.05) is 25.6 Å². The van der Waals surface area contributed by atoms with Gasteiger partial charge in [0.05, 0.1) is 23.8 Å². The molecule has 0 saturated carbocycles. The van der Waals surface area contributed by atoms with Gasteiger partial charge in [-0.3, -0.25) is 14.0 Å². The first kappa shape index (κ1) is 18.1. The summed E-state index contributed by atoms with van der Waals surface area (Å²) in [6.45, 7) is 0.712. The molecule has 2 amide bonds. The van der Waals surface area contributed by atoms with Gasteiger partial charge in [0.15, 0.2) is 5.69 Å². The largest absolute Gasteiger partial charge is 0.383 e. The highest BCUT2D eigenvalue weighted by atomic mass is 16.5. The Bertz CT molecular complexity index is 1040. The van der Waals surface area contributed by atoms with E-state index in [4.69, 9.17) is 10.00 Å². The van der Waals surface area contributed by atoms with Gasteiger partial charge >= 0.3 is 0 Å². The molecule has 3 aromatic rings. The molecule has 0 saturated heterocycles. The minimum absolute atomic E-state index is 0.0739. The minimum atomic E-state index is -0.484. The van der Waals surface area contributed by atoms with E-state index in [1.165, 1.54) is 0 Å². The molecule has 2 aromatic heterocycles. The predicted molar refractivity (Wildman–Crippen MR) is 98.5 cm³/mol. The summed E-state index contributed by atoms with van der Waals surface area (Å²) in [5.41, 5.74) is 1.57. The molecule has 2 heterocycles. The molecule has 1 aromatic carbocycles. The van der Waals surface area contributed by atoms with Crippen LogP contribution in [0.15, 0.2) is 48.7 Å². The van der Waals surface area contributed by atoms with Crippen LogP contribution < -0.4 is 10.6 Å². The predicted octanol–water partition coefficient (Wildman–Crippen LogP) is 1.83. The maximum atomic E-state index is 12.7. The number of benzene rings is 1. The van der Waals surface area contributed by atoms with E-state index in [0.717, 1.165) is 0 Å². The molecule has 0 spiro atoms. The molecule has 0 bridgehead atoms. The Morgan fingerprint density at radius 3 is 2.85 bits per heavy atom. The molecule has 136 valence electrons. The third kappa shape index (κ3) is 3.94. The Balaban J connectivity index is 1.91. The standard InChI is InChI=1S/C19H17N5O3/c1-27-10-8-21-18(25)16-15-7-2-3-9-24(15)17(23-16)19(26)22-14-6-4-5-13(11-14)12-20/h2-7,9,11H,8,10H2,1H3,(H,21,25)(H,22,26). The number of carbonyl (C=O) groups is 2. The van der Waals surface area contributed by atoms with E-state index in [-0.39, 0.29) is 17.4 Å². The maximum absolute atomic E-state index is 12.7. The van der Waals surface area contributed by atoms with Gasteiger partial charge in [-0.2, -0.15) is 5.26 Å². The maximum Gasteiger partial charge on any atom is 0.292 e. The van der Waals surface area contributed by atoms with Gasteiger partial charge in [-0.15, -0.1) is 0 Å². The fourth-order valence-corrected chi connectivity index (χ4v) is 2.57. The quantitative estimate of drug-likeness (QED) is 0.650. The lowest BCUT2D eigenvalue weighted by Crippen LogP contribution is -2.27. The Morgan fingerprint density at radius 1 is 1.22 bits per heavy atom. The number of imidazole rings is 1. The van der Waals surface area contributed by atoms with Crippen LogP contribution in [0.3, 0.4) is 0 Å². The van der Waals surface area contributed by atoms with Crippen molar-refractivity contribution in [1.29, 1.82) is 5.26 Å². The highest BCUT2D eigenvalue weighted by molar-refractivity contribution is 6.06. The third-order valence-corrected chi connectivity index (χ3v) is 3.81. The van der Waals surface area contributed by atoms with Gasteiger partial charge in [0.1, 0.15) is 0 Å². The lowest BCUT2D eigenvalue weighted by Gasteiger charge is -2.04. The zero-order chi connectivity index (χ0) is 19.2. The zero-order valence-corrected chi connectivity index (χ0v) is 14.6. The summed E-state index contributed by atoms with van der Waals surface area (Å²) in [7, 11) is 1.54. The van der Waals surface area contributed by atoms with E-state index in [1.807, 2.05) is 6.07 Å². The second-order valence-electron chi connectivity index (χ2n) is 5.64. The second-order valence-corrected chi connectivity index (χ2v) is 5.64. The van der Waals surface area contributed by atoms with Crippen molar-refractivity contribution in [1.82, 2.24) is 14.7 Å². The molecule has 0 fully saturated rings. The first-order valence-corrected chi connectivity index (χ1v) is 8.20. The van der Waals surface area contributed by atoms with Gasteiger partial charge in [0, 0.05) is 25.5 Å². The highest BCUT2D eigenvalue weighted by Crippen LogP contribution is 2.16. The van der Waals surface area contributed by atoms with E-state index < -0.39 is 5.91 Å². The van der Waals surface area contributed by atoms with Crippen LogP contribution in [-0.4, -0.2) is 41.5 Å². The Labute approximate surface area is 155 Å². The van der Waals surface area contributed by atoms with Gasteiger partial charge in [0.25, 0.3) is 11.8 Å². The molecule has 0 atom stereocenters. The van der Waals surface area contributed by atoms with Crippen molar-refractivity contribution in [3.63, 3.8) is 0 Å². The highest BCUT2D eigenvalue weighted by Gasteiger charge is 2.21. The summed E-state index contributed by atoms with van der Waals surface area (Å²) in [5.74, 6) is -0.798. The number of anilines is 1. The molecule has 0 radical (unpaired) electrons. The normalized spacial score (nSPS) is 10.4. The van der Waals surface area contributed by atoms with E-state index in [1.54, 1.807) is 60.2 Å². The van der Waals surface area contributed by atoms with Crippen LogP contribution in [0, 0.1) is 11.3 Å². The molecule has 27 heavy (non-hydrogen) atoms. The van der Waals surface area contributed by atoms with Crippen LogP contribution in [0.25, 0.3) is 5.52 Å². The number of pyridine rings is 1. The third-order valence-electron chi connectivity index (χ3n) is 3.81. The molecule has 3 rings (SSSR count). The van der Waals surface area contributed by atoms with Crippen molar-refractivity contribution in [3.8, 4) is 6.07 Å². The summed E-state index contributed by atoms with van der Waals surface area (Å²) in [6.07, 6.45) is 1.66. The Kier molecular flexibility index (Phi) is 5.44. The van der Waals surface area contributed by atoms with Crippen molar-refractivity contribution in [2.24, 2.45) is 0 Å². The van der Waals surface area contributed by atoms with E-state index in [9.17, 15) is 9.59 Å². The molecule has 8 heteroatoms. The fraction of sp³-hybridized carbons (Fsp3) is 0.158. The van der Waals surface area contributed by atoms with Crippen LogP contribution in [0.5, 0.6) is 0 Å². The molecular weight excluding hydrogens is 346 g/mol. The zero-order valence-electron chi connectivity index (χ0n) is 14.6. The van der Waals surface area contributed by atoms with Crippen LogP contribution in [-0.2, 0) is 4.74 Å². The summed E-state index contributed by atoms with van der Waals surface area (Å²) >= 11 is 0. The first-order valence-electron chi connectivity index (χ1n) is 8.20. The lowest BCUT2D eigenvalue weighted by molar-refractivity contribution is 0.0934. The number of amides is 2. The molecule has 2 N–H and O–H groups in total. The van der Waals surface area contributed by atoms with Crippen molar-refractivity contribution < 1.29 is 14.3 Å². The summed E-state index contributed by atoms with van der Waals surface area (Å²) < 4.78 is 6.47. The van der Waals surface area contributed by atoms with Crippen LogP contribution in [0.1, 0.15) is 26.7 Å². The molecule has 0 aliphatic carbocycles. The number of nitriles is 1. The van der Waals surface area contributed by atoms with Crippen molar-refractivity contribution >= 4 is 23.0 Å². The number of carbonyl (C=O) groups excluding carboxylic acids is 2. The number of hydrogen-bond acceptors (Lipinski definition) is 5. The topological polar surface area (TPSA) is 109 Å². The van der Waals surface area contributed by atoms with E-state index >= 15 is 0 Å². The summed E-state index contributed by atoms with van der Waals surface area (Å²) in [4.78, 5) is 29.3. The van der Waals surface area contributed by atoms with Crippen LogP contribution >= 0.6 is 0 Å². The number of fused-ring (bicyclic) bond motifs is 1. The minimum Gasteiger partial charge on any atom is -0.383 e. The molecule has 0 aliphatic heterocycles. The number of hydrogen-bond donors (Lipinski definition) is 2. The van der Waals surface area contributed by atoms with Crippen molar-refractivity contribution in [3.05, 3.63) is 65.7 Å². The molecule has 0 unspecified atom stereocenters. The summed E-state index contributed by atoms with van der Waals surface area (Å²) in [6, 6.07) is 13.8. The number of nitrogens with one attached hydrogen (secondary N) is 2. The summed E-state index contributed by atoms with van der Waals surface area (Å²) in [5, 5.41) is 14.4. The Morgan fingerprint density at radius 2 is 2.07 bits per heavy atom. The fourth-order valence-electron chi connectivity index (χ4n) is 2.57. The van der Waals surface area contributed by atoms with Gasteiger partial charge < -0.3 is 15.4 Å². The van der Waals surface area contributed by atoms with E-state index in [2.05, 4.69) is 15.6 Å². The van der Waals surface area contributed by atoms with Crippen LogP contribution in [0.2, 0.25) is 0 Å². The monoisotopic (exact) mass is 363 g/mol. The van der Waals surface area contributed by atoms with Gasteiger partial charge in [-0.25, -0.2) is 4.98 Å². The Hall–Kier alpha value is -3.70. The SMILES string of the molecule is COCCNC(=O)c1nc(C(=O)Nc2cccc(C#N)c2)n2ccccc12. The van der Waals surface area contributed by atoms with Gasteiger partial charge in [0.2, 0.25) is 5.82 Å². The molecular formula is C19H17N5O3. The van der Waals surface area contributed by atoms with Gasteiger partial charge in [-0.1, -0.05) is 12.1 Å². The molecule has 0 aliphatic rings. The second kappa shape index (κ2) is 8.12. The number of rotatable bonds is 6. The molecule has 8 nitrogen and oxygen atoms in total. The lowest BCUT2D eigenvalue weighted by atomic mass is 10.2. The first-order chi connectivity index (χ1) is 13.1. The van der Waals surface area contributed by atoms with E-state index in [0.29, 0.717) is 29.9 Å².